The zero-order valence-corrected chi connectivity index (χ0v) is 9.79. The van der Waals surface area contributed by atoms with Crippen molar-refractivity contribution < 1.29 is 0 Å². The topological polar surface area (TPSA) is 27.3 Å². The van der Waals surface area contributed by atoms with E-state index in [4.69, 9.17) is 0 Å². The van der Waals surface area contributed by atoms with Gasteiger partial charge in [-0.15, -0.1) is 0 Å². The maximum absolute atomic E-state index is 3.64. The lowest BCUT2D eigenvalue weighted by Gasteiger charge is -2.32. The Hall–Kier alpha value is -1.22. The second-order valence-corrected chi connectivity index (χ2v) is 4.57. The average Bonchev–Trinajstić information content (AvgIpc) is 2.51. The number of nitrogens with one attached hydrogen (secondary N) is 2. The van der Waals surface area contributed by atoms with Crippen LogP contribution in [-0.4, -0.2) is 26.2 Å². The Morgan fingerprint density at radius 1 is 1.31 bits per heavy atom. The summed E-state index contributed by atoms with van der Waals surface area (Å²) in [6, 6.07) is 7.15. The van der Waals surface area contributed by atoms with E-state index < -0.39 is 0 Å². The molecule has 2 aliphatic heterocycles. The summed E-state index contributed by atoms with van der Waals surface area (Å²) in [6.07, 6.45) is 1.16. The van der Waals surface area contributed by atoms with Crippen LogP contribution < -0.4 is 15.5 Å². The Bertz CT molecular complexity index is 389. The first-order valence-corrected chi connectivity index (χ1v) is 6.25. The molecule has 2 heterocycles. The van der Waals surface area contributed by atoms with E-state index in [-0.39, 0.29) is 0 Å². The van der Waals surface area contributed by atoms with Crippen LogP contribution in [0.15, 0.2) is 18.2 Å². The van der Waals surface area contributed by atoms with Crippen LogP contribution in [0.4, 0.5) is 11.4 Å². The van der Waals surface area contributed by atoms with Crippen molar-refractivity contribution in [3.63, 3.8) is 0 Å². The van der Waals surface area contributed by atoms with Gasteiger partial charge in [0.15, 0.2) is 0 Å². The summed E-state index contributed by atoms with van der Waals surface area (Å²) in [7, 11) is 0. The molecule has 1 atom stereocenters. The summed E-state index contributed by atoms with van der Waals surface area (Å²) >= 11 is 0. The third-order valence-corrected chi connectivity index (χ3v) is 3.64. The highest BCUT2D eigenvalue weighted by molar-refractivity contribution is 5.76. The van der Waals surface area contributed by atoms with E-state index in [9.17, 15) is 0 Å². The largest absolute Gasteiger partial charge is 0.382 e. The number of anilines is 2. The van der Waals surface area contributed by atoms with Crippen LogP contribution in [0.3, 0.4) is 0 Å². The predicted octanol–water partition coefficient (Wildman–Crippen LogP) is 1.97. The maximum atomic E-state index is 3.64. The van der Waals surface area contributed by atoms with Crippen LogP contribution in [0.2, 0.25) is 0 Å². The van der Waals surface area contributed by atoms with Gasteiger partial charge in [-0.3, -0.25) is 0 Å². The molecule has 0 amide bonds. The number of benzene rings is 1. The molecule has 2 aliphatic rings. The lowest BCUT2D eigenvalue weighted by molar-refractivity contribution is 0.537. The van der Waals surface area contributed by atoms with Crippen molar-refractivity contribution in [2.24, 2.45) is 0 Å². The highest BCUT2D eigenvalue weighted by atomic mass is 15.2. The molecule has 0 spiro atoms. The van der Waals surface area contributed by atoms with Gasteiger partial charge in [0, 0.05) is 32.2 Å². The lowest BCUT2D eigenvalue weighted by atomic mass is 10.00. The van der Waals surface area contributed by atoms with Gasteiger partial charge in [-0.2, -0.15) is 0 Å². The second-order valence-electron chi connectivity index (χ2n) is 4.57. The van der Waals surface area contributed by atoms with Gasteiger partial charge in [0.2, 0.25) is 0 Å². The van der Waals surface area contributed by atoms with Crippen molar-refractivity contribution in [3.8, 4) is 0 Å². The number of rotatable bonds is 1. The summed E-state index contributed by atoms with van der Waals surface area (Å²) in [5.74, 6) is 0. The van der Waals surface area contributed by atoms with E-state index in [0.29, 0.717) is 6.04 Å². The molecule has 3 rings (SSSR count). The van der Waals surface area contributed by atoms with Crippen LogP contribution in [-0.2, 0) is 0 Å². The van der Waals surface area contributed by atoms with Crippen molar-refractivity contribution in [2.45, 2.75) is 19.4 Å². The van der Waals surface area contributed by atoms with Gasteiger partial charge in [-0.1, -0.05) is 19.1 Å². The zero-order valence-electron chi connectivity index (χ0n) is 9.79. The molecule has 0 aromatic heterocycles. The van der Waals surface area contributed by atoms with Gasteiger partial charge in [0.1, 0.15) is 0 Å². The van der Waals surface area contributed by atoms with E-state index >= 15 is 0 Å². The molecule has 1 unspecified atom stereocenters. The minimum Gasteiger partial charge on any atom is -0.382 e. The van der Waals surface area contributed by atoms with Crippen LogP contribution in [0.25, 0.3) is 0 Å². The highest BCUT2D eigenvalue weighted by Gasteiger charge is 2.25. The Morgan fingerprint density at radius 3 is 3.06 bits per heavy atom. The first-order valence-electron chi connectivity index (χ1n) is 6.25. The summed E-state index contributed by atoms with van der Waals surface area (Å²) in [4.78, 5) is 2.52. The zero-order chi connectivity index (χ0) is 11.0. The third kappa shape index (κ3) is 1.47. The van der Waals surface area contributed by atoms with E-state index in [0.717, 1.165) is 32.6 Å². The van der Waals surface area contributed by atoms with Crippen molar-refractivity contribution in [3.05, 3.63) is 23.8 Å². The Balaban J connectivity index is 2.12. The molecular weight excluding hydrogens is 198 g/mol. The summed E-state index contributed by atoms with van der Waals surface area (Å²) in [5.41, 5.74) is 4.21. The first kappa shape index (κ1) is 9.97. The maximum Gasteiger partial charge on any atom is 0.0651 e. The van der Waals surface area contributed by atoms with Gasteiger partial charge in [0.25, 0.3) is 0 Å². The minimum atomic E-state index is 0.514. The molecule has 0 bridgehead atoms. The molecule has 0 saturated carbocycles. The highest BCUT2D eigenvalue weighted by Crippen LogP contribution is 2.38. The average molecular weight is 217 g/mol. The van der Waals surface area contributed by atoms with Crippen LogP contribution in [0, 0.1) is 0 Å². The van der Waals surface area contributed by atoms with Gasteiger partial charge >= 0.3 is 0 Å². The quantitative estimate of drug-likeness (QED) is 0.753. The number of hydrogen-bond acceptors (Lipinski definition) is 3. The van der Waals surface area contributed by atoms with Crippen molar-refractivity contribution >= 4 is 11.4 Å². The number of nitrogens with zero attached hydrogens (tertiary/aromatic N) is 1. The van der Waals surface area contributed by atoms with Gasteiger partial charge in [-0.25, -0.2) is 0 Å². The molecular formula is C13H19N3. The molecule has 2 N–H and O–H groups in total. The Kier molecular flexibility index (Phi) is 2.48. The second kappa shape index (κ2) is 3.98. The fourth-order valence-electron chi connectivity index (χ4n) is 2.85. The molecule has 0 saturated heterocycles. The lowest BCUT2D eigenvalue weighted by Crippen LogP contribution is -2.36. The smallest absolute Gasteiger partial charge is 0.0651 e. The Labute approximate surface area is 96.8 Å². The third-order valence-electron chi connectivity index (χ3n) is 3.64. The first-order chi connectivity index (χ1) is 7.90. The van der Waals surface area contributed by atoms with E-state index in [2.05, 4.69) is 40.7 Å². The number of hydrogen-bond donors (Lipinski definition) is 2. The molecule has 0 fully saturated rings. The molecule has 1 aromatic carbocycles. The van der Waals surface area contributed by atoms with E-state index in [1.807, 2.05) is 0 Å². The molecule has 0 aliphatic carbocycles. The molecule has 3 heteroatoms. The summed E-state index contributed by atoms with van der Waals surface area (Å²) < 4.78 is 0. The van der Waals surface area contributed by atoms with Gasteiger partial charge in [0.05, 0.1) is 11.4 Å². The monoisotopic (exact) mass is 217 g/mol. The standard InChI is InChI=1S/C13H19N3/c1-2-11-10-4-3-5-12-13(10)16(8-6-14-11)9-7-15-12/h3-5,11,14-15H,2,6-9H2,1H3. The predicted molar refractivity (Wildman–Crippen MR) is 68.2 cm³/mol. The molecule has 0 radical (unpaired) electrons. The fraction of sp³-hybridized carbons (Fsp3) is 0.538. The molecule has 16 heavy (non-hydrogen) atoms. The summed E-state index contributed by atoms with van der Waals surface area (Å²) in [6.45, 7) is 6.66. The van der Waals surface area contributed by atoms with Crippen LogP contribution >= 0.6 is 0 Å². The van der Waals surface area contributed by atoms with Crippen molar-refractivity contribution in [2.75, 3.05) is 36.4 Å². The minimum absolute atomic E-state index is 0.514. The Morgan fingerprint density at radius 2 is 2.19 bits per heavy atom. The molecule has 3 nitrogen and oxygen atoms in total. The van der Waals surface area contributed by atoms with Gasteiger partial charge < -0.3 is 15.5 Å². The van der Waals surface area contributed by atoms with Crippen molar-refractivity contribution in [1.82, 2.24) is 5.32 Å². The SMILES string of the molecule is CCC1NCCN2CCNc3cccc1c32. The van der Waals surface area contributed by atoms with E-state index in [1.165, 1.54) is 16.9 Å². The summed E-state index contributed by atoms with van der Waals surface area (Å²) in [5, 5.41) is 7.14. The van der Waals surface area contributed by atoms with E-state index in [1.54, 1.807) is 0 Å². The fourth-order valence-corrected chi connectivity index (χ4v) is 2.85. The molecule has 86 valence electrons. The van der Waals surface area contributed by atoms with Crippen molar-refractivity contribution in [1.29, 1.82) is 0 Å². The van der Waals surface area contributed by atoms with Crippen LogP contribution in [0.5, 0.6) is 0 Å². The molecule has 1 aromatic rings. The number of para-hydroxylation sites is 1. The van der Waals surface area contributed by atoms with Crippen LogP contribution in [0.1, 0.15) is 24.9 Å². The van der Waals surface area contributed by atoms with Gasteiger partial charge in [-0.05, 0) is 18.1 Å². The normalized spacial score (nSPS) is 23.3.